The van der Waals surface area contributed by atoms with Gasteiger partial charge in [0.2, 0.25) is 0 Å². The first kappa shape index (κ1) is 11.1. The van der Waals surface area contributed by atoms with Crippen LogP contribution >= 0.6 is 0 Å². The molecule has 2 rings (SSSR count). The van der Waals surface area contributed by atoms with Gasteiger partial charge in [-0.25, -0.2) is 4.98 Å². The number of benzene rings is 1. The number of nitrogens with two attached hydrogens (primary N) is 1. The van der Waals surface area contributed by atoms with Gasteiger partial charge in [0.05, 0.1) is 0 Å². The average molecular weight is 218 g/mol. The van der Waals surface area contributed by atoms with Crippen molar-refractivity contribution in [1.29, 1.82) is 0 Å². The van der Waals surface area contributed by atoms with Crippen LogP contribution in [0, 0.1) is 0 Å². The summed E-state index contributed by atoms with van der Waals surface area (Å²) in [5.41, 5.74) is 8.63. The Hall–Kier alpha value is -1.35. The molecule has 0 radical (unpaired) electrons. The topological polar surface area (TPSA) is 52.0 Å². The van der Waals surface area contributed by atoms with Crippen molar-refractivity contribution in [1.82, 2.24) is 4.98 Å². The Morgan fingerprint density at radius 1 is 1.31 bits per heavy atom. The lowest BCUT2D eigenvalue weighted by molar-refractivity contribution is 0.531. The Labute approximate surface area is 95.7 Å². The van der Waals surface area contributed by atoms with Crippen molar-refractivity contribution in [2.24, 2.45) is 5.73 Å². The first-order valence-corrected chi connectivity index (χ1v) is 5.92. The maximum Gasteiger partial charge on any atom is 0.196 e. The van der Waals surface area contributed by atoms with Gasteiger partial charge in [0.1, 0.15) is 5.52 Å². The van der Waals surface area contributed by atoms with E-state index < -0.39 is 0 Å². The highest BCUT2D eigenvalue weighted by atomic mass is 16.3. The normalized spacial score (nSPS) is 11.1. The number of hydrogen-bond acceptors (Lipinski definition) is 3. The van der Waals surface area contributed by atoms with Gasteiger partial charge in [-0.3, -0.25) is 0 Å². The lowest BCUT2D eigenvalue weighted by Gasteiger charge is -1.97. The second kappa shape index (κ2) is 5.12. The van der Waals surface area contributed by atoms with Crippen LogP contribution in [-0.2, 0) is 12.8 Å². The molecule has 1 heterocycles. The SMILES string of the molecule is CCCCc1ccc2oc(CCN)nc2c1. The number of fused-ring (bicyclic) bond motifs is 1. The summed E-state index contributed by atoms with van der Waals surface area (Å²) < 4.78 is 5.58. The molecule has 1 aromatic heterocycles. The highest BCUT2D eigenvalue weighted by Gasteiger charge is 2.05. The van der Waals surface area contributed by atoms with Gasteiger partial charge in [-0.05, 0) is 30.5 Å². The lowest BCUT2D eigenvalue weighted by atomic mass is 10.1. The van der Waals surface area contributed by atoms with E-state index in [1.807, 2.05) is 6.07 Å². The van der Waals surface area contributed by atoms with Gasteiger partial charge in [0, 0.05) is 13.0 Å². The molecule has 0 amide bonds. The molecule has 86 valence electrons. The van der Waals surface area contributed by atoms with Crippen LogP contribution in [0.2, 0.25) is 0 Å². The fourth-order valence-electron chi connectivity index (χ4n) is 1.79. The number of aryl methyl sites for hydroxylation is 1. The molecule has 0 aliphatic rings. The highest BCUT2D eigenvalue weighted by Crippen LogP contribution is 2.18. The van der Waals surface area contributed by atoms with E-state index in [0.29, 0.717) is 13.0 Å². The zero-order chi connectivity index (χ0) is 11.4. The van der Waals surface area contributed by atoms with E-state index in [-0.39, 0.29) is 0 Å². The zero-order valence-corrected chi connectivity index (χ0v) is 9.70. The number of hydrogen-bond donors (Lipinski definition) is 1. The van der Waals surface area contributed by atoms with Crippen molar-refractivity contribution in [3.63, 3.8) is 0 Å². The molecule has 0 spiro atoms. The lowest BCUT2D eigenvalue weighted by Crippen LogP contribution is -2.02. The molecule has 1 aromatic carbocycles. The third kappa shape index (κ3) is 2.42. The largest absolute Gasteiger partial charge is 0.441 e. The molecule has 0 saturated heterocycles. The monoisotopic (exact) mass is 218 g/mol. The summed E-state index contributed by atoms with van der Waals surface area (Å²) in [4.78, 5) is 4.42. The number of nitrogens with zero attached hydrogens (tertiary/aromatic N) is 1. The third-order valence-electron chi connectivity index (χ3n) is 2.67. The summed E-state index contributed by atoms with van der Waals surface area (Å²) in [5, 5.41) is 0. The van der Waals surface area contributed by atoms with Crippen LogP contribution in [0.15, 0.2) is 22.6 Å². The molecule has 2 N–H and O–H groups in total. The Morgan fingerprint density at radius 2 is 2.19 bits per heavy atom. The molecule has 0 aliphatic heterocycles. The molecule has 0 saturated carbocycles. The van der Waals surface area contributed by atoms with E-state index in [1.54, 1.807) is 0 Å². The third-order valence-corrected chi connectivity index (χ3v) is 2.67. The Balaban J connectivity index is 2.23. The van der Waals surface area contributed by atoms with Gasteiger partial charge in [-0.1, -0.05) is 19.4 Å². The number of aromatic nitrogens is 1. The molecule has 3 heteroatoms. The second-order valence-electron chi connectivity index (χ2n) is 4.05. The van der Waals surface area contributed by atoms with Gasteiger partial charge in [0.15, 0.2) is 11.5 Å². The van der Waals surface area contributed by atoms with E-state index in [0.717, 1.165) is 23.4 Å². The standard InChI is InChI=1S/C13H18N2O/c1-2-3-4-10-5-6-12-11(9-10)15-13(16-12)7-8-14/h5-6,9H,2-4,7-8,14H2,1H3. The maximum atomic E-state index is 5.58. The predicted molar refractivity (Wildman–Crippen MR) is 65.4 cm³/mol. The molecule has 0 aliphatic carbocycles. The summed E-state index contributed by atoms with van der Waals surface area (Å²) in [5.74, 6) is 0.741. The molecular weight excluding hydrogens is 200 g/mol. The maximum absolute atomic E-state index is 5.58. The van der Waals surface area contributed by atoms with E-state index in [4.69, 9.17) is 10.2 Å². The molecule has 2 aromatic rings. The fourth-order valence-corrected chi connectivity index (χ4v) is 1.79. The summed E-state index contributed by atoms with van der Waals surface area (Å²) in [6, 6.07) is 6.25. The van der Waals surface area contributed by atoms with Crippen LogP contribution in [0.5, 0.6) is 0 Å². The second-order valence-corrected chi connectivity index (χ2v) is 4.05. The minimum Gasteiger partial charge on any atom is -0.441 e. The van der Waals surface area contributed by atoms with Gasteiger partial charge >= 0.3 is 0 Å². The first-order valence-electron chi connectivity index (χ1n) is 5.92. The van der Waals surface area contributed by atoms with E-state index in [1.165, 1.54) is 18.4 Å². The molecule has 0 bridgehead atoms. The highest BCUT2D eigenvalue weighted by molar-refractivity contribution is 5.73. The van der Waals surface area contributed by atoms with Crippen molar-refractivity contribution in [3.05, 3.63) is 29.7 Å². The molecule has 3 nitrogen and oxygen atoms in total. The van der Waals surface area contributed by atoms with Gasteiger partial charge < -0.3 is 10.2 Å². The van der Waals surface area contributed by atoms with Crippen LogP contribution in [-0.4, -0.2) is 11.5 Å². The Kier molecular flexibility index (Phi) is 3.57. The quantitative estimate of drug-likeness (QED) is 0.839. The summed E-state index contributed by atoms with van der Waals surface area (Å²) >= 11 is 0. The minimum absolute atomic E-state index is 0.579. The van der Waals surface area contributed by atoms with Crippen molar-refractivity contribution >= 4 is 11.1 Å². The predicted octanol–water partition coefficient (Wildman–Crippen LogP) is 2.67. The molecule has 16 heavy (non-hydrogen) atoms. The Bertz CT molecular complexity index is 462. The number of oxazole rings is 1. The average Bonchev–Trinajstić information content (AvgIpc) is 2.68. The van der Waals surface area contributed by atoms with Crippen molar-refractivity contribution in [2.75, 3.05) is 6.54 Å². The van der Waals surface area contributed by atoms with E-state index in [2.05, 4.69) is 24.0 Å². The van der Waals surface area contributed by atoms with Crippen LogP contribution in [0.3, 0.4) is 0 Å². The van der Waals surface area contributed by atoms with Crippen molar-refractivity contribution < 1.29 is 4.42 Å². The zero-order valence-electron chi connectivity index (χ0n) is 9.70. The molecular formula is C13H18N2O. The number of rotatable bonds is 5. The number of unbranched alkanes of at least 4 members (excludes halogenated alkanes) is 1. The summed E-state index contributed by atoms with van der Waals surface area (Å²) in [6.45, 7) is 2.78. The molecule has 0 unspecified atom stereocenters. The van der Waals surface area contributed by atoms with E-state index >= 15 is 0 Å². The molecule has 0 atom stereocenters. The van der Waals surface area contributed by atoms with Crippen LogP contribution in [0.1, 0.15) is 31.2 Å². The van der Waals surface area contributed by atoms with Gasteiger partial charge in [-0.2, -0.15) is 0 Å². The first-order chi connectivity index (χ1) is 7.83. The van der Waals surface area contributed by atoms with Crippen molar-refractivity contribution in [3.8, 4) is 0 Å². The smallest absolute Gasteiger partial charge is 0.196 e. The summed E-state index contributed by atoms with van der Waals surface area (Å²) in [6.07, 6.45) is 4.26. The molecule has 0 fully saturated rings. The minimum atomic E-state index is 0.579. The van der Waals surface area contributed by atoms with Gasteiger partial charge in [-0.15, -0.1) is 0 Å². The van der Waals surface area contributed by atoms with E-state index in [9.17, 15) is 0 Å². The van der Waals surface area contributed by atoms with Gasteiger partial charge in [0.25, 0.3) is 0 Å². The van der Waals surface area contributed by atoms with Crippen LogP contribution in [0.4, 0.5) is 0 Å². The Morgan fingerprint density at radius 3 is 2.94 bits per heavy atom. The fraction of sp³-hybridized carbons (Fsp3) is 0.462. The summed E-state index contributed by atoms with van der Waals surface area (Å²) in [7, 11) is 0. The van der Waals surface area contributed by atoms with Crippen molar-refractivity contribution in [2.45, 2.75) is 32.6 Å². The van der Waals surface area contributed by atoms with Crippen LogP contribution < -0.4 is 5.73 Å². The van der Waals surface area contributed by atoms with Crippen LogP contribution in [0.25, 0.3) is 11.1 Å².